The van der Waals surface area contributed by atoms with Crippen LogP contribution in [0.2, 0.25) is 0 Å². The van der Waals surface area contributed by atoms with Crippen molar-refractivity contribution in [2.24, 2.45) is 0 Å². The number of carbonyl (C=O) groups excluding carboxylic acids is 3. The van der Waals surface area contributed by atoms with E-state index in [0.29, 0.717) is 19.3 Å². The van der Waals surface area contributed by atoms with Crippen LogP contribution in [0.1, 0.15) is 355 Å². The summed E-state index contributed by atoms with van der Waals surface area (Å²) < 4.78 is 16.8. The fourth-order valence-electron chi connectivity index (χ4n) is 9.93. The molecule has 0 aromatic carbocycles. The minimum Gasteiger partial charge on any atom is -0.462 e. The zero-order valence-electron chi connectivity index (χ0n) is 50.3. The van der Waals surface area contributed by atoms with E-state index in [-0.39, 0.29) is 37.5 Å². The average Bonchev–Trinajstić information content (AvgIpc) is 3.41. The number of carbonyl (C=O) groups is 3. The highest BCUT2D eigenvalue weighted by atomic mass is 16.6. The molecule has 0 aromatic rings. The van der Waals surface area contributed by atoms with Crippen LogP contribution >= 0.6 is 0 Å². The molecule has 0 bridgehead atoms. The maximum absolute atomic E-state index is 12.9. The Morgan fingerprint density at radius 2 is 0.520 bits per heavy atom. The summed E-state index contributed by atoms with van der Waals surface area (Å²) in [5.74, 6) is -0.954. The fourth-order valence-corrected chi connectivity index (χ4v) is 9.93. The van der Waals surface area contributed by atoms with Gasteiger partial charge in [-0.25, -0.2) is 0 Å². The van der Waals surface area contributed by atoms with E-state index in [0.717, 1.165) is 64.2 Å². The molecule has 6 heteroatoms. The third-order valence-corrected chi connectivity index (χ3v) is 14.9. The number of rotatable bonds is 61. The predicted molar refractivity (Wildman–Crippen MR) is 325 cm³/mol. The molecule has 0 radical (unpaired) electrons. The summed E-state index contributed by atoms with van der Waals surface area (Å²) in [6.45, 7) is 6.52. The van der Waals surface area contributed by atoms with E-state index >= 15 is 0 Å². The van der Waals surface area contributed by atoms with Crippen molar-refractivity contribution in [2.45, 2.75) is 361 Å². The van der Waals surface area contributed by atoms with Gasteiger partial charge in [-0.3, -0.25) is 14.4 Å². The van der Waals surface area contributed by atoms with Gasteiger partial charge >= 0.3 is 17.9 Å². The van der Waals surface area contributed by atoms with Crippen molar-refractivity contribution in [3.63, 3.8) is 0 Å². The fraction of sp³-hybridized carbons (Fsp3) is 0.841. The van der Waals surface area contributed by atoms with Crippen molar-refractivity contribution in [1.82, 2.24) is 0 Å². The van der Waals surface area contributed by atoms with Gasteiger partial charge in [0.2, 0.25) is 0 Å². The molecule has 0 aromatic heterocycles. The maximum Gasteiger partial charge on any atom is 0.306 e. The van der Waals surface area contributed by atoms with Gasteiger partial charge in [-0.2, -0.15) is 0 Å². The van der Waals surface area contributed by atoms with Crippen LogP contribution in [-0.2, 0) is 28.6 Å². The third kappa shape index (κ3) is 62.1. The van der Waals surface area contributed by atoms with Crippen LogP contribution in [0.4, 0.5) is 0 Å². The Kier molecular flexibility index (Phi) is 61.7. The van der Waals surface area contributed by atoms with Crippen molar-refractivity contribution in [2.75, 3.05) is 13.2 Å². The number of hydrogen-bond acceptors (Lipinski definition) is 6. The van der Waals surface area contributed by atoms with Gasteiger partial charge in [0.25, 0.3) is 0 Å². The minimum atomic E-state index is -0.798. The molecule has 0 aliphatic carbocycles. The molecule has 0 aliphatic rings. The van der Waals surface area contributed by atoms with Crippen LogP contribution in [-0.4, -0.2) is 37.2 Å². The summed E-state index contributed by atoms with van der Waals surface area (Å²) in [5.41, 5.74) is 0. The van der Waals surface area contributed by atoms with Gasteiger partial charge in [0, 0.05) is 19.3 Å². The lowest BCUT2D eigenvalue weighted by Crippen LogP contribution is -2.30. The van der Waals surface area contributed by atoms with Gasteiger partial charge in [0.1, 0.15) is 13.2 Å². The van der Waals surface area contributed by atoms with E-state index in [1.54, 1.807) is 0 Å². The molecular weight excluding hydrogens is 925 g/mol. The number of hydrogen-bond donors (Lipinski definition) is 0. The summed E-state index contributed by atoms with van der Waals surface area (Å²) in [6.07, 6.45) is 80.2. The number of esters is 3. The van der Waals surface area contributed by atoms with Crippen LogP contribution < -0.4 is 0 Å². The quantitative estimate of drug-likeness (QED) is 0.0261. The maximum atomic E-state index is 12.9. The van der Waals surface area contributed by atoms with Crippen LogP contribution in [0.25, 0.3) is 0 Å². The summed E-state index contributed by atoms with van der Waals surface area (Å²) in [6, 6.07) is 0. The first-order valence-corrected chi connectivity index (χ1v) is 33.1. The monoisotopic (exact) mass is 1050 g/mol. The van der Waals surface area contributed by atoms with Gasteiger partial charge in [-0.1, -0.05) is 339 Å². The number of allylic oxidation sites excluding steroid dienone is 8. The Balaban J connectivity index is 4.17. The highest BCUT2D eigenvalue weighted by Gasteiger charge is 2.19. The third-order valence-electron chi connectivity index (χ3n) is 14.9. The average molecular weight is 1050 g/mol. The molecule has 6 nitrogen and oxygen atoms in total. The second kappa shape index (κ2) is 63.9. The second-order valence-corrected chi connectivity index (χ2v) is 22.4. The Morgan fingerprint density at radius 3 is 0.813 bits per heavy atom. The zero-order valence-corrected chi connectivity index (χ0v) is 50.3. The molecule has 0 amide bonds. The lowest BCUT2D eigenvalue weighted by Gasteiger charge is -2.18. The van der Waals surface area contributed by atoms with E-state index in [1.165, 1.54) is 244 Å². The summed E-state index contributed by atoms with van der Waals surface area (Å²) >= 11 is 0. The summed E-state index contributed by atoms with van der Waals surface area (Å²) in [4.78, 5) is 38.2. The minimum absolute atomic E-state index is 0.0901. The van der Waals surface area contributed by atoms with Crippen LogP contribution in [0.5, 0.6) is 0 Å². The smallest absolute Gasteiger partial charge is 0.306 e. The molecule has 75 heavy (non-hydrogen) atoms. The van der Waals surface area contributed by atoms with Gasteiger partial charge < -0.3 is 14.2 Å². The standard InChI is InChI=1S/C69H126O6/c1-4-7-10-13-16-19-22-25-27-28-29-30-31-32-33-34-35-36-37-38-39-40-42-44-47-50-53-56-59-62-68(71)74-65-66(64-73-67(70)61-58-55-52-49-46-43-24-21-18-15-12-9-6-3)75-69(72)63-60-57-54-51-48-45-41-26-23-20-17-14-11-8-5-2/h9,12,18,21,43,46,52,55,66H,4-8,10-11,13-17,19-20,22-42,44-45,47-51,53-54,56-65H2,1-3H3/b12-9-,21-18-,46-43-,55-52-. The molecule has 0 N–H and O–H groups in total. The van der Waals surface area contributed by atoms with Gasteiger partial charge in [-0.15, -0.1) is 0 Å². The predicted octanol–water partition coefficient (Wildman–Crippen LogP) is 22.6. The van der Waals surface area contributed by atoms with Gasteiger partial charge in [0.15, 0.2) is 6.10 Å². The van der Waals surface area contributed by atoms with Gasteiger partial charge in [0.05, 0.1) is 0 Å². The SMILES string of the molecule is CC/C=C\C/C=C\C/C=C\C/C=C\CCC(=O)OCC(COC(=O)CCCCCCCCCCCCCCCCCCCCCCCCCCCCCCC)OC(=O)CCCCCCCCCCCCCCCCC. The van der Waals surface area contributed by atoms with E-state index in [4.69, 9.17) is 14.2 Å². The van der Waals surface area contributed by atoms with Gasteiger partial charge in [-0.05, 0) is 44.9 Å². The Morgan fingerprint density at radius 1 is 0.280 bits per heavy atom. The van der Waals surface area contributed by atoms with Crippen molar-refractivity contribution >= 4 is 17.9 Å². The molecule has 1 unspecified atom stereocenters. The largest absolute Gasteiger partial charge is 0.462 e. The first kappa shape index (κ1) is 72.4. The Labute approximate surface area is 467 Å². The first-order valence-electron chi connectivity index (χ1n) is 33.1. The normalized spacial score (nSPS) is 12.3. The second-order valence-electron chi connectivity index (χ2n) is 22.4. The molecule has 0 aliphatic heterocycles. The molecule has 0 rings (SSSR count). The highest BCUT2D eigenvalue weighted by molar-refractivity contribution is 5.71. The number of ether oxygens (including phenoxy) is 3. The molecular formula is C69H126O6. The summed E-state index contributed by atoms with van der Waals surface area (Å²) in [7, 11) is 0. The molecule has 0 fully saturated rings. The lowest BCUT2D eigenvalue weighted by molar-refractivity contribution is -0.166. The van der Waals surface area contributed by atoms with E-state index in [1.807, 2.05) is 6.08 Å². The molecule has 438 valence electrons. The van der Waals surface area contributed by atoms with Crippen LogP contribution in [0.15, 0.2) is 48.6 Å². The van der Waals surface area contributed by atoms with Crippen LogP contribution in [0.3, 0.4) is 0 Å². The lowest BCUT2D eigenvalue weighted by atomic mass is 10.0. The van der Waals surface area contributed by atoms with Crippen molar-refractivity contribution in [3.05, 3.63) is 48.6 Å². The number of unbranched alkanes of at least 4 members (excludes halogenated alkanes) is 42. The summed E-state index contributed by atoms with van der Waals surface area (Å²) in [5, 5.41) is 0. The zero-order chi connectivity index (χ0) is 54.3. The Hall–Kier alpha value is -2.63. The molecule has 0 heterocycles. The van der Waals surface area contributed by atoms with Crippen molar-refractivity contribution in [3.8, 4) is 0 Å². The first-order chi connectivity index (χ1) is 37.0. The molecule has 1 atom stereocenters. The van der Waals surface area contributed by atoms with E-state index in [9.17, 15) is 14.4 Å². The molecule has 0 saturated carbocycles. The molecule has 0 saturated heterocycles. The molecule has 0 spiro atoms. The highest BCUT2D eigenvalue weighted by Crippen LogP contribution is 2.18. The van der Waals surface area contributed by atoms with Crippen molar-refractivity contribution < 1.29 is 28.6 Å². The van der Waals surface area contributed by atoms with Crippen molar-refractivity contribution in [1.29, 1.82) is 0 Å². The van der Waals surface area contributed by atoms with Crippen LogP contribution in [0, 0.1) is 0 Å². The van der Waals surface area contributed by atoms with E-state index in [2.05, 4.69) is 63.3 Å². The topological polar surface area (TPSA) is 78.9 Å². The Bertz CT molecular complexity index is 1300. The van der Waals surface area contributed by atoms with E-state index < -0.39 is 6.10 Å².